The summed E-state index contributed by atoms with van der Waals surface area (Å²) < 4.78 is 4.81. The molecule has 0 fully saturated rings. The fourth-order valence-electron chi connectivity index (χ4n) is 1.07. The van der Waals surface area contributed by atoms with Crippen molar-refractivity contribution in [1.29, 1.82) is 0 Å². The van der Waals surface area contributed by atoms with E-state index in [1.165, 1.54) is 0 Å². The SMILES string of the molecule is CC(C)COC(=O)NNC(=O)Nc1ccccc1. The molecule has 1 aromatic carbocycles. The van der Waals surface area contributed by atoms with Gasteiger partial charge >= 0.3 is 12.1 Å². The first-order valence-electron chi connectivity index (χ1n) is 5.62. The molecule has 0 unspecified atom stereocenters. The minimum absolute atomic E-state index is 0.244. The number of anilines is 1. The van der Waals surface area contributed by atoms with E-state index < -0.39 is 12.1 Å². The summed E-state index contributed by atoms with van der Waals surface area (Å²) in [6, 6.07) is 8.35. The van der Waals surface area contributed by atoms with Crippen molar-refractivity contribution in [2.75, 3.05) is 11.9 Å². The molecule has 0 aliphatic rings. The van der Waals surface area contributed by atoms with Gasteiger partial charge in [0.25, 0.3) is 0 Å². The van der Waals surface area contributed by atoms with Crippen molar-refractivity contribution < 1.29 is 14.3 Å². The zero-order valence-electron chi connectivity index (χ0n) is 10.4. The topological polar surface area (TPSA) is 79.5 Å². The molecule has 1 aromatic rings. The first-order chi connectivity index (χ1) is 8.58. The van der Waals surface area contributed by atoms with Crippen LogP contribution in [0.15, 0.2) is 30.3 Å². The molecule has 0 aromatic heterocycles. The molecular formula is C12H17N3O3. The summed E-state index contributed by atoms with van der Waals surface area (Å²) in [4.78, 5) is 22.5. The molecule has 0 saturated heterocycles. The number of hydrogen-bond donors (Lipinski definition) is 3. The van der Waals surface area contributed by atoms with Gasteiger partial charge in [-0.05, 0) is 18.1 Å². The number of para-hydroxylation sites is 1. The van der Waals surface area contributed by atoms with Crippen molar-refractivity contribution in [3.8, 4) is 0 Å². The molecule has 18 heavy (non-hydrogen) atoms. The van der Waals surface area contributed by atoms with Crippen LogP contribution in [-0.2, 0) is 4.74 Å². The van der Waals surface area contributed by atoms with Crippen molar-refractivity contribution in [2.45, 2.75) is 13.8 Å². The number of rotatable bonds is 3. The van der Waals surface area contributed by atoms with E-state index in [2.05, 4.69) is 16.2 Å². The van der Waals surface area contributed by atoms with Gasteiger partial charge in [-0.15, -0.1) is 0 Å². The molecule has 1 rings (SSSR count). The van der Waals surface area contributed by atoms with Gasteiger partial charge in [0.2, 0.25) is 0 Å². The summed E-state index contributed by atoms with van der Waals surface area (Å²) in [7, 11) is 0. The van der Waals surface area contributed by atoms with Crippen LogP contribution >= 0.6 is 0 Å². The number of hydrogen-bond acceptors (Lipinski definition) is 3. The van der Waals surface area contributed by atoms with Crippen LogP contribution in [0.5, 0.6) is 0 Å². The van der Waals surface area contributed by atoms with E-state index in [4.69, 9.17) is 4.74 Å². The Hall–Kier alpha value is -2.24. The maximum Gasteiger partial charge on any atom is 0.426 e. The van der Waals surface area contributed by atoms with Crippen LogP contribution < -0.4 is 16.2 Å². The van der Waals surface area contributed by atoms with Gasteiger partial charge in [0.05, 0.1) is 6.61 Å². The first-order valence-corrected chi connectivity index (χ1v) is 5.62. The number of nitrogens with one attached hydrogen (secondary N) is 3. The smallest absolute Gasteiger partial charge is 0.426 e. The zero-order chi connectivity index (χ0) is 13.4. The van der Waals surface area contributed by atoms with E-state index in [1.807, 2.05) is 19.9 Å². The van der Waals surface area contributed by atoms with E-state index >= 15 is 0 Å². The van der Waals surface area contributed by atoms with Gasteiger partial charge in [-0.25, -0.2) is 20.4 Å². The van der Waals surface area contributed by atoms with Crippen LogP contribution in [0.3, 0.4) is 0 Å². The second-order valence-corrected chi connectivity index (χ2v) is 4.06. The number of carbonyl (C=O) groups is 2. The van der Waals surface area contributed by atoms with Crippen LogP contribution in [0, 0.1) is 5.92 Å². The number of carbonyl (C=O) groups excluding carboxylic acids is 2. The first kappa shape index (κ1) is 13.8. The van der Waals surface area contributed by atoms with Crippen molar-refractivity contribution >= 4 is 17.8 Å². The van der Waals surface area contributed by atoms with E-state index in [0.29, 0.717) is 12.3 Å². The minimum atomic E-state index is -0.688. The van der Waals surface area contributed by atoms with Crippen LogP contribution in [0.2, 0.25) is 0 Å². The number of amides is 3. The molecule has 3 N–H and O–H groups in total. The van der Waals surface area contributed by atoms with Gasteiger partial charge in [-0.1, -0.05) is 32.0 Å². The average Bonchev–Trinajstić information content (AvgIpc) is 2.35. The molecule has 0 atom stereocenters. The van der Waals surface area contributed by atoms with Crippen LogP contribution in [0.4, 0.5) is 15.3 Å². The second-order valence-electron chi connectivity index (χ2n) is 4.06. The highest BCUT2D eigenvalue weighted by molar-refractivity contribution is 5.90. The lowest BCUT2D eigenvalue weighted by Gasteiger charge is -2.10. The Morgan fingerprint density at radius 2 is 1.83 bits per heavy atom. The van der Waals surface area contributed by atoms with E-state index in [0.717, 1.165) is 0 Å². The summed E-state index contributed by atoms with van der Waals surface area (Å²) in [5, 5.41) is 2.54. The van der Waals surface area contributed by atoms with Gasteiger partial charge in [0, 0.05) is 5.69 Å². The molecule has 0 bridgehead atoms. The van der Waals surface area contributed by atoms with Gasteiger partial charge in [-0.3, -0.25) is 0 Å². The lowest BCUT2D eigenvalue weighted by molar-refractivity contribution is 0.129. The number of ether oxygens (including phenoxy) is 1. The van der Waals surface area contributed by atoms with Gasteiger partial charge < -0.3 is 10.1 Å². The minimum Gasteiger partial charge on any atom is -0.448 e. The fraction of sp³-hybridized carbons (Fsp3) is 0.333. The maximum absolute atomic E-state index is 11.4. The van der Waals surface area contributed by atoms with Crippen molar-refractivity contribution in [3.63, 3.8) is 0 Å². The summed E-state index contributed by atoms with van der Waals surface area (Å²) in [6.07, 6.45) is -0.688. The summed E-state index contributed by atoms with van der Waals surface area (Å²) in [5.41, 5.74) is 4.95. The summed E-state index contributed by atoms with van der Waals surface area (Å²) in [6.45, 7) is 4.14. The molecule has 98 valence electrons. The lowest BCUT2D eigenvalue weighted by atomic mass is 10.2. The molecule has 0 aliphatic heterocycles. The monoisotopic (exact) mass is 251 g/mol. The Morgan fingerprint density at radius 1 is 1.17 bits per heavy atom. The van der Waals surface area contributed by atoms with Crippen LogP contribution in [0.25, 0.3) is 0 Å². The zero-order valence-corrected chi connectivity index (χ0v) is 10.4. The Bertz CT molecular complexity index is 393. The van der Waals surface area contributed by atoms with Crippen molar-refractivity contribution in [3.05, 3.63) is 30.3 Å². The number of benzene rings is 1. The highest BCUT2D eigenvalue weighted by Gasteiger charge is 2.05. The second kappa shape index (κ2) is 7.16. The van der Waals surface area contributed by atoms with E-state index in [9.17, 15) is 9.59 Å². The quantitative estimate of drug-likeness (QED) is 0.720. The normalized spacial score (nSPS) is 9.72. The Kier molecular flexibility index (Phi) is 5.50. The van der Waals surface area contributed by atoms with Crippen molar-refractivity contribution in [2.24, 2.45) is 5.92 Å². The van der Waals surface area contributed by atoms with Crippen LogP contribution in [0.1, 0.15) is 13.8 Å². The summed E-state index contributed by atoms with van der Waals surface area (Å²) >= 11 is 0. The molecule has 6 heteroatoms. The molecule has 0 heterocycles. The highest BCUT2D eigenvalue weighted by Crippen LogP contribution is 2.03. The van der Waals surface area contributed by atoms with E-state index in [-0.39, 0.29) is 5.92 Å². The highest BCUT2D eigenvalue weighted by atomic mass is 16.6. The Morgan fingerprint density at radius 3 is 2.44 bits per heavy atom. The standard InChI is InChI=1S/C12H17N3O3/c1-9(2)8-18-12(17)15-14-11(16)13-10-6-4-3-5-7-10/h3-7,9H,8H2,1-2H3,(H,15,17)(H2,13,14,16). The molecule has 0 saturated carbocycles. The van der Waals surface area contributed by atoms with Crippen LogP contribution in [-0.4, -0.2) is 18.7 Å². The predicted molar refractivity (Wildman–Crippen MR) is 67.9 cm³/mol. The molecule has 0 radical (unpaired) electrons. The predicted octanol–water partition coefficient (Wildman–Crippen LogP) is 2.11. The van der Waals surface area contributed by atoms with Gasteiger partial charge in [0.1, 0.15) is 0 Å². The molecule has 0 aliphatic carbocycles. The Balaban J connectivity index is 2.23. The lowest BCUT2D eigenvalue weighted by Crippen LogP contribution is -2.44. The van der Waals surface area contributed by atoms with Gasteiger partial charge in [0.15, 0.2) is 0 Å². The number of hydrazine groups is 1. The summed E-state index contributed by atoms with van der Waals surface area (Å²) in [5.74, 6) is 0.244. The van der Waals surface area contributed by atoms with Crippen molar-refractivity contribution in [1.82, 2.24) is 10.9 Å². The largest absolute Gasteiger partial charge is 0.448 e. The Labute approximate surface area is 106 Å². The van der Waals surface area contributed by atoms with Gasteiger partial charge in [-0.2, -0.15) is 0 Å². The maximum atomic E-state index is 11.4. The average molecular weight is 251 g/mol. The molecule has 6 nitrogen and oxygen atoms in total. The molecule has 0 spiro atoms. The third-order valence-electron chi connectivity index (χ3n) is 1.86. The third kappa shape index (κ3) is 5.74. The molecular weight excluding hydrogens is 234 g/mol. The number of urea groups is 1. The van der Waals surface area contributed by atoms with E-state index in [1.54, 1.807) is 24.3 Å². The molecule has 3 amide bonds. The third-order valence-corrected chi connectivity index (χ3v) is 1.86. The fourth-order valence-corrected chi connectivity index (χ4v) is 1.07.